The van der Waals surface area contributed by atoms with Crippen LogP contribution in [0.15, 0.2) is 0 Å². The minimum absolute atomic E-state index is 0.0858. The van der Waals surface area contributed by atoms with Gasteiger partial charge in [0.1, 0.15) is 0 Å². The van der Waals surface area contributed by atoms with Gasteiger partial charge < -0.3 is 9.64 Å². The van der Waals surface area contributed by atoms with E-state index in [-0.39, 0.29) is 5.60 Å². The molecule has 0 aromatic rings. The van der Waals surface area contributed by atoms with E-state index in [2.05, 4.69) is 36.2 Å². The van der Waals surface area contributed by atoms with Crippen molar-refractivity contribution < 1.29 is 4.74 Å². The third-order valence-electron chi connectivity index (χ3n) is 4.21. The van der Waals surface area contributed by atoms with Crippen LogP contribution in [0, 0.1) is 0 Å². The molecule has 17 heavy (non-hydrogen) atoms. The molecule has 0 aromatic heterocycles. The molecule has 0 aliphatic carbocycles. The van der Waals surface area contributed by atoms with Crippen molar-refractivity contribution in [2.75, 3.05) is 39.8 Å². The van der Waals surface area contributed by atoms with Gasteiger partial charge in [0.15, 0.2) is 0 Å². The number of nitrogens with one attached hydrogen (secondary N) is 1. The molecule has 0 saturated carbocycles. The van der Waals surface area contributed by atoms with E-state index in [1.807, 2.05) is 0 Å². The molecule has 2 aliphatic heterocycles. The third kappa shape index (κ3) is 3.65. The summed E-state index contributed by atoms with van der Waals surface area (Å²) in [4.78, 5) is 2.39. The fourth-order valence-corrected chi connectivity index (χ4v) is 2.68. The maximum absolute atomic E-state index is 5.88. The van der Waals surface area contributed by atoms with Crippen LogP contribution in [0.4, 0.5) is 0 Å². The van der Waals surface area contributed by atoms with Crippen molar-refractivity contribution in [1.82, 2.24) is 15.3 Å². The van der Waals surface area contributed by atoms with Crippen molar-refractivity contribution in [2.45, 2.75) is 44.8 Å². The smallest absolute Gasteiger partial charge is 0.0667 e. The topological polar surface area (TPSA) is 27.7 Å². The molecule has 2 rings (SSSR count). The van der Waals surface area contributed by atoms with Crippen molar-refractivity contribution >= 4 is 0 Å². The lowest BCUT2D eigenvalue weighted by Crippen LogP contribution is -2.56. The molecule has 0 bridgehead atoms. The lowest BCUT2D eigenvalue weighted by Gasteiger charge is -2.41. The molecule has 1 N–H and O–H groups in total. The normalized spacial score (nSPS) is 37.2. The summed E-state index contributed by atoms with van der Waals surface area (Å²) in [6, 6.07) is 0.595. The van der Waals surface area contributed by atoms with E-state index in [1.165, 1.54) is 13.1 Å². The van der Waals surface area contributed by atoms with Crippen LogP contribution in [0.2, 0.25) is 0 Å². The van der Waals surface area contributed by atoms with Crippen molar-refractivity contribution in [3.05, 3.63) is 0 Å². The number of likely N-dealkylation sites (N-methyl/N-ethyl adjacent to an activating group) is 1. The van der Waals surface area contributed by atoms with Crippen LogP contribution in [-0.4, -0.2) is 61.4 Å². The Bertz CT molecular complexity index is 241. The molecular formula is C13H27N3O. The summed E-state index contributed by atoms with van der Waals surface area (Å²) in [5, 5.41) is 2.39. The van der Waals surface area contributed by atoms with Gasteiger partial charge in [-0.05, 0) is 33.2 Å². The largest absolute Gasteiger partial charge is 0.375 e. The quantitative estimate of drug-likeness (QED) is 0.800. The van der Waals surface area contributed by atoms with Gasteiger partial charge >= 0.3 is 0 Å². The molecule has 4 heteroatoms. The van der Waals surface area contributed by atoms with E-state index in [1.54, 1.807) is 0 Å². The van der Waals surface area contributed by atoms with E-state index in [0.717, 1.165) is 39.0 Å². The molecule has 2 aliphatic rings. The Balaban J connectivity index is 1.79. The fraction of sp³-hybridized carbons (Fsp3) is 1.00. The minimum atomic E-state index is 0.0858. The van der Waals surface area contributed by atoms with Crippen LogP contribution in [0.25, 0.3) is 0 Å². The summed E-state index contributed by atoms with van der Waals surface area (Å²) in [6.07, 6.45) is 3.38. The Morgan fingerprint density at radius 2 is 2.00 bits per heavy atom. The highest BCUT2D eigenvalue weighted by Crippen LogP contribution is 2.27. The summed E-state index contributed by atoms with van der Waals surface area (Å²) in [7, 11) is 2.19. The Labute approximate surface area is 105 Å². The van der Waals surface area contributed by atoms with Crippen molar-refractivity contribution in [1.29, 1.82) is 0 Å². The van der Waals surface area contributed by atoms with Crippen LogP contribution in [0.3, 0.4) is 0 Å². The fourth-order valence-electron chi connectivity index (χ4n) is 2.68. The van der Waals surface area contributed by atoms with Gasteiger partial charge in [-0.1, -0.05) is 6.92 Å². The first kappa shape index (κ1) is 13.3. The molecule has 2 saturated heterocycles. The summed E-state index contributed by atoms with van der Waals surface area (Å²) in [6.45, 7) is 9.97. The molecule has 4 nitrogen and oxygen atoms in total. The second-order valence-corrected chi connectivity index (χ2v) is 5.76. The number of rotatable bonds is 3. The third-order valence-corrected chi connectivity index (χ3v) is 4.21. The molecule has 2 atom stereocenters. The van der Waals surface area contributed by atoms with Crippen LogP contribution in [0.5, 0.6) is 0 Å². The molecule has 0 amide bonds. The van der Waals surface area contributed by atoms with Gasteiger partial charge in [0.25, 0.3) is 0 Å². The van der Waals surface area contributed by atoms with Gasteiger partial charge in [-0.25, -0.2) is 5.01 Å². The Morgan fingerprint density at radius 1 is 1.29 bits per heavy atom. The summed E-state index contributed by atoms with van der Waals surface area (Å²) in [5.41, 5.74) is 3.78. The van der Waals surface area contributed by atoms with E-state index < -0.39 is 0 Å². The average molecular weight is 241 g/mol. The maximum Gasteiger partial charge on any atom is 0.0667 e. The number of ether oxygens (including phenoxy) is 1. The van der Waals surface area contributed by atoms with Gasteiger partial charge in [-0.2, -0.15) is 0 Å². The zero-order valence-corrected chi connectivity index (χ0v) is 11.5. The highest BCUT2D eigenvalue weighted by atomic mass is 16.5. The zero-order chi connectivity index (χ0) is 12.3. The molecule has 2 fully saturated rings. The Kier molecular flexibility index (Phi) is 4.42. The van der Waals surface area contributed by atoms with Gasteiger partial charge in [0.05, 0.1) is 5.60 Å². The first-order chi connectivity index (χ1) is 8.11. The highest BCUT2D eigenvalue weighted by Gasteiger charge is 2.32. The minimum Gasteiger partial charge on any atom is -0.375 e. The van der Waals surface area contributed by atoms with E-state index in [4.69, 9.17) is 4.74 Å². The second-order valence-electron chi connectivity index (χ2n) is 5.76. The SMILES string of the molecule is CCC1(C)CC(NN2CCN(C)CC2)CCO1. The molecule has 0 radical (unpaired) electrons. The lowest BCUT2D eigenvalue weighted by molar-refractivity contribution is -0.0887. The number of hydrazine groups is 1. The zero-order valence-electron chi connectivity index (χ0n) is 11.5. The van der Waals surface area contributed by atoms with Gasteiger partial charge in [0.2, 0.25) is 0 Å². The average Bonchev–Trinajstić information content (AvgIpc) is 2.32. The van der Waals surface area contributed by atoms with E-state index in [9.17, 15) is 0 Å². The van der Waals surface area contributed by atoms with E-state index >= 15 is 0 Å². The van der Waals surface area contributed by atoms with Crippen molar-refractivity contribution in [3.63, 3.8) is 0 Å². The standard InChI is InChI=1S/C13H27N3O/c1-4-13(2)11-12(5-10-17-13)14-16-8-6-15(3)7-9-16/h12,14H,4-11H2,1-3H3. The number of hydrogen-bond donors (Lipinski definition) is 1. The van der Waals surface area contributed by atoms with Crippen LogP contribution >= 0.6 is 0 Å². The van der Waals surface area contributed by atoms with Gasteiger partial charge in [-0.3, -0.25) is 5.43 Å². The molecule has 0 aromatic carbocycles. The first-order valence-electron chi connectivity index (χ1n) is 6.95. The lowest BCUT2D eigenvalue weighted by atomic mass is 9.90. The number of piperazine rings is 1. The maximum atomic E-state index is 5.88. The molecular weight excluding hydrogens is 214 g/mol. The summed E-state index contributed by atoms with van der Waals surface area (Å²) < 4.78 is 5.88. The monoisotopic (exact) mass is 241 g/mol. The van der Waals surface area contributed by atoms with E-state index in [0.29, 0.717) is 6.04 Å². The Hall–Kier alpha value is -0.160. The first-order valence-corrected chi connectivity index (χ1v) is 6.95. The number of hydrogen-bond acceptors (Lipinski definition) is 4. The van der Waals surface area contributed by atoms with Crippen LogP contribution in [-0.2, 0) is 4.74 Å². The van der Waals surface area contributed by atoms with Gasteiger partial charge in [0, 0.05) is 38.8 Å². The predicted octanol–water partition coefficient (Wildman–Crippen LogP) is 1.09. The molecule has 100 valence electrons. The predicted molar refractivity (Wildman–Crippen MR) is 69.9 cm³/mol. The molecule has 2 heterocycles. The van der Waals surface area contributed by atoms with Gasteiger partial charge in [-0.15, -0.1) is 0 Å². The van der Waals surface area contributed by atoms with Crippen LogP contribution in [0.1, 0.15) is 33.1 Å². The van der Waals surface area contributed by atoms with Crippen LogP contribution < -0.4 is 5.43 Å². The second kappa shape index (κ2) is 5.65. The molecule has 0 spiro atoms. The molecule has 2 unspecified atom stereocenters. The van der Waals surface area contributed by atoms with Crippen molar-refractivity contribution in [2.24, 2.45) is 0 Å². The van der Waals surface area contributed by atoms with Crippen molar-refractivity contribution in [3.8, 4) is 0 Å². The highest BCUT2D eigenvalue weighted by molar-refractivity contribution is 4.85. The summed E-state index contributed by atoms with van der Waals surface area (Å²) >= 11 is 0. The Morgan fingerprint density at radius 3 is 2.65 bits per heavy atom. The number of nitrogens with zero attached hydrogens (tertiary/aromatic N) is 2. The summed E-state index contributed by atoms with van der Waals surface area (Å²) in [5.74, 6) is 0.